The summed E-state index contributed by atoms with van der Waals surface area (Å²) in [6.45, 7) is 1.70. The molecule has 3 N–H and O–H groups in total. The van der Waals surface area contributed by atoms with Crippen molar-refractivity contribution in [2.45, 2.75) is 18.9 Å². The summed E-state index contributed by atoms with van der Waals surface area (Å²) < 4.78 is 5.40. The Balaban J connectivity index is 1.84. The average molecular weight is 388 g/mol. The van der Waals surface area contributed by atoms with Gasteiger partial charge in [-0.15, -0.1) is 0 Å². The van der Waals surface area contributed by atoms with Crippen molar-refractivity contribution in [1.82, 2.24) is 5.32 Å². The van der Waals surface area contributed by atoms with Gasteiger partial charge in [0.15, 0.2) is 6.61 Å². The number of nitrogens with one attached hydrogen (secondary N) is 1. The summed E-state index contributed by atoms with van der Waals surface area (Å²) >= 11 is 0. The number of amides is 2. The van der Waals surface area contributed by atoms with Crippen LogP contribution in [0.25, 0.3) is 0 Å². The highest BCUT2D eigenvalue weighted by molar-refractivity contribution is 5.97. The van der Waals surface area contributed by atoms with E-state index in [4.69, 9.17) is 10.5 Å². The monoisotopic (exact) mass is 388 g/mol. The minimum atomic E-state index is -0.596. The fourth-order valence-electron chi connectivity index (χ4n) is 3.39. The van der Waals surface area contributed by atoms with Gasteiger partial charge in [-0.3, -0.25) is 9.59 Å². The van der Waals surface area contributed by atoms with E-state index in [1.54, 1.807) is 24.3 Å². The summed E-state index contributed by atoms with van der Waals surface area (Å²) in [5.74, 6) is -0.553. The molecule has 0 spiro atoms. The molecule has 2 amide bonds. The largest absolute Gasteiger partial charge is 0.483 e. The molecule has 0 aromatic heterocycles. The van der Waals surface area contributed by atoms with Crippen LogP contribution in [-0.2, 0) is 4.79 Å². The molecule has 0 radical (unpaired) electrons. The highest BCUT2D eigenvalue weighted by atomic mass is 16.5. The van der Waals surface area contributed by atoms with E-state index in [1.807, 2.05) is 43.3 Å². The molecule has 0 bridgehead atoms. The van der Waals surface area contributed by atoms with E-state index >= 15 is 0 Å². The van der Waals surface area contributed by atoms with E-state index in [0.717, 1.165) is 11.1 Å². The van der Waals surface area contributed by atoms with Crippen molar-refractivity contribution >= 4 is 11.8 Å². The average Bonchev–Trinajstić information content (AvgIpc) is 2.74. The zero-order chi connectivity index (χ0) is 20.6. The highest BCUT2D eigenvalue weighted by Crippen LogP contribution is 2.28. The lowest BCUT2D eigenvalue weighted by Gasteiger charge is -2.26. The maximum absolute atomic E-state index is 13.0. The van der Waals surface area contributed by atoms with E-state index in [1.165, 1.54) is 0 Å². The highest BCUT2D eigenvalue weighted by Gasteiger charge is 2.24. The number of ether oxygens (including phenoxy) is 1. The van der Waals surface area contributed by atoms with Crippen molar-refractivity contribution in [3.63, 3.8) is 0 Å². The fraction of sp³-hybridized carbons (Fsp3) is 0.167. The van der Waals surface area contributed by atoms with Crippen LogP contribution in [0.4, 0.5) is 0 Å². The first-order valence-electron chi connectivity index (χ1n) is 9.47. The van der Waals surface area contributed by atoms with Crippen LogP contribution in [0.5, 0.6) is 5.75 Å². The zero-order valence-corrected chi connectivity index (χ0v) is 16.2. The number of primary amides is 1. The second-order valence-electron chi connectivity index (χ2n) is 6.81. The second-order valence-corrected chi connectivity index (χ2v) is 6.81. The molecule has 5 heteroatoms. The molecule has 0 saturated carbocycles. The minimum Gasteiger partial charge on any atom is -0.483 e. The Morgan fingerprint density at radius 3 is 1.93 bits per heavy atom. The number of carbonyl (C=O) groups excluding carboxylic acids is 2. The molecule has 5 nitrogen and oxygen atoms in total. The number of nitrogens with two attached hydrogens (primary N) is 1. The molecule has 3 aromatic rings. The molecule has 0 unspecified atom stereocenters. The molecular formula is C24H24N2O3. The molecule has 0 heterocycles. The van der Waals surface area contributed by atoms with Crippen molar-refractivity contribution in [2.24, 2.45) is 5.73 Å². The van der Waals surface area contributed by atoms with Crippen LogP contribution in [0.15, 0.2) is 84.9 Å². The Morgan fingerprint density at radius 1 is 0.862 bits per heavy atom. The molecule has 148 valence electrons. The summed E-state index contributed by atoms with van der Waals surface area (Å²) in [6.07, 6.45) is 0. The fourth-order valence-corrected chi connectivity index (χ4v) is 3.39. The molecule has 0 fully saturated rings. The molecule has 3 rings (SSSR count). The van der Waals surface area contributed by atoms with Gasteiger partial charge in [-0.25, -0.2) is 0 Å². The Hall–Kier alpha value is -3.60. The molecular weight excluding hydrogens is 364 g/mol. The Labute approximate surface area is 170 Å². The van der Waals surface area contributed by atoms with Crippen LogP contribution >= 0.6 is 0 Å². The standard InChI is InChI=1S/C24H24N2O3/c1-17(23(18-10-4-2-5-11-18)19-12-6-3-7-13-19)26-24(28)20-14-8-9-15-21(20)29-16-22(25)27/h2-15,17,23H,16H2,1H3,(H2,25,27)(H,26,28)/t17-/m0/s1. The molecule has 3 aromatic carbocycles. The quantitative estimate of drug-likeness (QED) is 0.620. The van der Waals surface area contributed by atoms with Gasteiger partial charge in [0.1, 0.15) is 5.75 Å². The predicted molar refractivity (Wildman–Crippen MR) is 113 cm³/mol. The van der Waals surface area contributed by atoms with E-state index in [-0.39, 0.29) is 24.5 Å². The van der Waals surface area contributed by atoms with Crippen LogP contribution in [-0.4, -0.2) is 24.5 Å². The molecule has 1 atom stereocenters. The van der Waals surface area contributed by atoms with E-state index < -0.39 is 5.91 Å². The Kier molecular flexibility index (Phi) is 6.63. The van der Waals surface area contributed by atoms with Crippen molar-refractivity contribution in [1.29, 1.82) is 0 Å². The summed E-state index contributed by atoms with van der Waals surface area (Å²) in [4.78, 5) is 24.0. The van der Waals surface area contributed by atoms with Gasteiger partial charge in [0.2, 0.25) is 0 Å². The van der Waals surface area contributed by atoms with Gasteiger partial charge >= 0.3 is 0 Å². The van der Waals surface area contributed by atoms with Gasteiger partial charge in [0.25, 0.3) is 11.8 Å². The van der Waals surface area contributed by atoms with Crippen molar-refractivity contribution in [3.8, 4) is 5.75 Å². The van der Waals surface area contributed by atoms with Crippen LogP contribution in [0.3, 0.4) is 0 Å². The third kappa shape index (κ3) is 5.23. The Morgan fingerprint density at radius 2 is 1.38 bits per heavy atom. The topological polar surface area (TPSA) is 81.4 Å². The SMILES string of the molecule is C[C@H](NC(=O)c1ccccc1OCC(N)=O)C(c1ccccc1)c1ccccc1. The van der Waals surface area contributed by atoms with Crippen LogP contribution in [0, 0.1) is 0 Å². The maximum Gasteiger partial charge on any atom is 0.255 e. The van der Waals surface area contributed by atoms with Crippen molar-refractivity contribution < 1.29 is 14.3 Å². The lowest BCUT2D eigenvalue weighted by molar-refractivity contribution is -0.119. The number of benzene rings is 3. The van der Waals surface area contributed by atoms with E-state index in [9.17, 15) is 9.59 Å². The predicted octanol–water partition coefficient (Wildman–Crippen LogP) is 3.50. The number of carbonyl (C=O) groups is 2. The van der Waals surface area contributed by atoms with Gasteiger partial charge in [-0.2, -0.15) is 0 Å². The number of rotatable bonds is 8. The van der Waals surface area contributed by atoms with Gasteiger partial charge in [-0.05, 0) is 30.2 Å². The zero-order valence-electron chi connectivity index (χ0n) is 16.2. The number of hydrogen-bond acceptors (Lipinski definition) is 3. The molecule has 0 aliphatic heterocycles. The van der Waals surface area contributed by atoms with Gasteiger partial charge in [0, 0.05) is 12.0 Å². The lowest BCUT2D eigenvalue weighted by Crippen LogP contribution is -2.37. The maximum atomic E-state index is 13.0. The van der Waals surface area contributed by atoms with Crippen LogP contribution < -0.4 is 15.8 Å². The lowest BCUT2D eigenvalue weighted by atomic mass is 9.85. The summed E-state index contributed by atoms with van der Waals surface area (Å²) in [5.41, 5.74) is 7.74. The van der Waals surface area contributed by atoms with Crippen LogP contribution in [0.2, 0.25) is 0 Å². The summed E-state index contributed by atoms with van der Waals surface area (Å²) in [5, 5.41) is 3.09. The molecule has 0 aliphatic rings. The first-order chi connectivity index (χ1) is 14.1. The van der Waals surface area contributed by atoms with Crippen LogP contribution in [0.1, 0.15) is 34.3 Å². The van der Waals surface area contributed by atoms with Crippen molar-refractivity contribution in [2.75, 3.05) is 6.61 Å². The molecule has 0 aliphatic carbocycles. The normalized spacial score (nSPS) is 11.7. The third-order valence-electron chi connectivity index (χ3n) is 4.68. The smallest absolute Gasteiger partial charge is 0.255 e. The van der Waals surface area contributed by atoms with Crippen molar-refractivity contribution in [3.05, 3.63) is 102 Å². The number of para-hydroxylation sites is 1. The first kappa shape index (κ1) is 20.1. The second kappa shape index (κ2) is 9.55. The Bertz CT molecular complexity index is 919. The van der Waals surface area contributed by atoms with Gasteiger partial charge in [-0.1, -0.05) is 72.8 Å². The first-order valence-corrected chi connectivity index (χ1v) is 9.47. The summed E-state index contributed by atoms with van der Waals surface area (Å²) in [7, 11) is 0. The molecule has 0 saturated heterocycles. The summed E-state index contributed by atoms with van der Waals surface area (Å²) in [6, 6.07) is 26.8. The van der Waals surface area contributed by atoms with E-state index in [2.05, 4.69) is 29.6 Å². The van der Waals surface area contributed by atoms with Gasteiger partial charge < -0.3 is 15.8 Å². The van der Waals surface area contributed by atoms with E-state index in [0.29, 0.717) is 11.3 Å². The molecule has 29 heavy (non-hydrogen) atoms. The minimum absolute atomic E-state index is 0.0138. The van der Waals surface area contributed by atoms with Gasteiger partial charge in [0.05, 0.1) is 5.56 Å². The third-order valence-corrected chi connectivity index (χ3v) is 4.68. The number of hydrogen-bond donors (Lipinski definition) is 2.